The standard InChI is InChI=1S/C22H25ClFN5O3/c1-11-20(23)12(2)28-21(27-11)15-9-29(10-16(15)25)22(31)14-4-3-13(24)7-19(14)32-18-5-6-26-8-17(18)30/h3-4,7,15,17-18,25-26,30H,5-6,8-10H2,1-2H3. The Balaban J connectivity index is 1.57. The number of aliphatic hydroxyl groups excluding tert-OH is 1. The van der Waals surface area contributed by atoms with Crippen LogP contribution in [0.3, 0.4) is 0 Å². The highest BCUT2D eigenvalue weighted by molar-refractivity contribution is 6.31. The van der Waals surface area contributed by atoms with Crippen molar-refractivity contribution >= 4 is 23.2 Å². The van der Waals surface area contributed by atoms with Crippen molar-refractivity contribution in [3.8, 4) is 5.75 Å². The Morgan fingerprint density at radius 1 is 1.34 bits per heavy atom. The molecule has 10 heteroatoms. The van der Waals surface area contributed by atoms with E-state index in [9.17, 15) is 14.3 Å². The second-order valence-electron chi connectivity index (χ2n) is 8.19. The third-order valence-corrected chi connectivity index (χ3v) is 6.37. The van der Waals surface area contributed by atoms with Crippen LogP contribution in [0.1, 0.15) is 39.9 Å². The SMILES string of the molecule is Cc1nc(C2CN(C(=O)c3ccc(F)cc3OC3CCNCC3O)CC2=N)nc(C)c1Cl. The highest BCUT2D eigenvalue weighted by Crippen LogP contribution is 2.30. The van der Waals surface area contributed by atoms with Gasteiger partial charge in [-0.1, -0.05) is 11.6 Å². The molecule has 3 unspecified atom stereocenters. The quantitative estimate of drug-likeness (QED) is 0.644. The molecule has 1 amide bonds. The maximum absolute atomic E-state index is 14.0. The van der Waals surface area contributed by atoms with Gasteiger partial charge in [0.25, 0.3) is 5.91 Å². The highest BCUT2D eigenvalue weighted by Gasteiger charge is 2.36. The predicted octanol–water partition coefficient (Wildman–Crippen LogP) is 2.25. The third kappa shape index (κ3) is 4.46. The maximum Gasteiger partial charge on any atom is 0.257 e. The molecule has 3 atom stereocenters. The van der Waals surface area contributed by atoms with Crippen molar-refractivity contribution in [1.29, 1.82) is 5.41 Å². The molecule has 3 N–H and O–H groups in total. The summed E-state index contributed by atoms with van der Waals surface area (Å²) in [5.74, 6) is -0.807. The Hall–Kier alpha value is -2.62. The zero-order valence-electron chi connectivity index (χ0n) is 17.9. The molecule has 3 heterocycles. The summed E-state index contributed by atoms with van der Waals surface area (Å²) in [6.07, 6.45) is -0.760. The van der Waals surface area contributed by atoms with Gasteiger partial charge in [-0.15, -0.1) is 0 Å². The van der Waals surface area contributed by atoms with Gasteiger partial charge in [-0.2, -0.15) is 0 Å². The Kier molecular flexibility index (Phi) is 6.41. The number of amides is 1. The van der Waals surface area contributed by atoms with E-state index in [1.807, 2.05) is 0 Å². The number of ether oxygens (including phenoxy) is 1. The summed E-state index contributed by atoms with van der Waals surface area (Å²) in [5, 5.41) is 22.1. The molecule has 32 heavy (non-hydrogen) atoms. The fourth-order valence-electron chi connectivity index (χ4n) is 4.05. The summed E-state index contributed by atoms with van der Waals surface area (Å²) in [7, 11) is 0. The molecule has 2 fully saturated rings. The number of piperidine rings is 1. The fourth-order valence-corrected chi connectivity index (χ4v) is 4.13. The van der Waals surface area contributed by atoms with Gasteiger partial charge in [0.1, 0.15) is 29.6 Å². The molecule has 0 aliphatic carbocycles. The fraction of sp³-hybridized carbons (Fsp3) is 0.455. The normalized spacial score (nSPS) is 23.5. The van der Waals surface area contributed by atoms with Crippen LogP contribution in [0, 0.1) is 25.1 Å². The van der Waals surface area contributed by atoms with Gasteiger partial charge in [0.05, 0.1) is 34.4 Å². The van der Waals surface area contributed by atoms with Gasteiger partial charge in [-0.25, -0.2) is 14.4 Å². The van der Waals surface area contributed by atoms with E-state index < -0.39 is 23.9 Å². The summed E-state index contributed by atoms with van der Waals surface area (Å²) < 4.78 is 19.8. The topological polar surface area (TPSA) is 111 Å². The predicted molar refractivity (Wildman–Crippen MR) is 117 cm³/mol. The van der Waals surface area contributed by atoms with E-state index in [0.29, 0.717) is 47.5 Å². The van der Waals surface area contributed by atoms with E-state index in [1.54, 1.807) is 13.8 Å². The van der Waals surface area contributed by atoms with Gasteiger partial charge in [0.15, 0.2) is 0 Å². The number of hydrogen-bond acceptors (Lipinski definition) is 7. The van der Waals surface area contributed by atoms with Crippen LogP contribution in [-0.4, -0.2) is 70.0 Å². The first-order chi connectivity index (χ1) is 15.2. The molecule has 0 bridgehead atoms. The van der Waals surface area contributed by atoms with Crippen LogP contribution >= 0.6 is 11.6 Å². The van der Waals surface area contributed by atoms with Crippen molar-refractivity contribution in [1.82, 2.24) is 20.2 Å². The van der Waals surface area contributed by atoms with Crippen LogP contribution < -0.4 is 10.1 Å². The number of aliphatic hydroxyl groups is 1. The van der Waals surface area contributed by atoms with Gasteiger partial charge < -0.3 is 25.5 Å². The molecule has 170 valence electrons. The first kappa shape index (κ1) is 22.6. The first-order valence-electron chi connectivity index (χ1n) is 10.5. The average molecular weight is 462 g/mol. The number of aryl methyl sites for hydroxylation is 2. The van der Waals surface area contributed by atoms with Gasteiger partial charge >= 0.3 is 0 Å². The zero-order chi connectivity index (χ0) is 23.0. The van der Waals surface area contributed by atoms with E-state index in [0.717, 1.165) is 6.07 Å². The van der Waals surface area contributed by atoms with E-state index >= 15 is 0 Å². The first-order valence-corrected chi connectivity index (χ1v) is 10.8. The van der Waals surface area contributed by atoms with Crippen molar-refractivity contribution < 1.29 is 19.0 Å². The Bertz CT molecular complexity index is 1040. The lowest BCUT2D eigenvalue weighted by Crippen LogP contribution is -2.46. The molecule has 8 nitrogen and oxygen atoms in total. The number of carbonyl (C=O) groups is 1. The number of rotatable bonds is 4. The second-order valence-corrected chi connectivity index (χ2v) is 8.57. The summed E-state index contributed by atoms with van der Waals surface area (Å²) in [4.78, 5) is 23.6. The molecular formula is C22H25ClFN5O3. The molecule has 4 rings (SSSR count). The van der Waals surface area contributed by atoms with Crippen molar-refractivity contribution in [2.75, 3.05) is 26.2 Å². The number of nitrogens with one attached hydrogen (secondary N) is 2. The van der Waals surface area contributed by atoms with E-state index in [4.69, 9.17) is 21.7 Å². The molecule has 0 radical (unpaired) electrons. The smallest absolute Gasteiger partial charge is 0.257 e. The van der Waals surface area contributed by atoms with Gasteiger partial charge in [0.2, 0.25) is 0 Å². The molecule has 2 aliphatic heterocycles. The monoisotopic (exact) mass is 461 g/mol. The lowest BCUT2D eigenvalue weighted by Gasteiger charge is -2.30. The summed E-state index contributed by atoms with van der Waals surface area (Å²) in [5.41, 5.74) is 1.76. The van der Waals surface area contributed by atoms with Crippen molar-refractivity contribution in [3.63, 3.8) is 0 Å². The minimum absolute atomic E-state index is 0.0883. The lowest BCUT2D eigenvalue weighted by atomic mass is 10.1. The highest BCUT2D eigenvalue weighted by atomic mass is 35.5. The van der Waals surface area contributed by atoms with E-state index in [1.165, 1.54) is 17.0 Å². The number of benzene rings is 1. The zero-order valence-corrected chi connectivity index (χ0v) is 18.6. The van der Waals surface area contributed by atoms with Gasteiger partial charge in [0, 0.05) is 24.9 Å². The van der Waals surface area contributed by atoms with Crippen LogP contribution in [0.4, 0.5) is 4.39 Å². The Morgan fingerprint density at radius 3 is 2.75 bits per heavy atom. The van der Waals surface area contributed by atoms with E-state index in [-0.39, 0.29) is 30.3 Å². The van der Waals surface area contributed by atoms with Crippen LogP contribution in [-0.2, 0) is 0 Å². The number of carbonyl (C=O) groups excluding carboxylic acids is 1. The van der Waals surface area contributed by atoms with E-state index in [2.05, 4.69) is 15.3 Å². The molecular weight excluding hydrogens is 437 g/mol. The number of β-amino-alcohol motifs (C(OH)–C–C–N with tert-alkyl or cyclic N) is 1. The van der Waals surface area contributed by atoms with Gasteiger partial charge in [-0.05, 0) is 38.9 Å². The second kappa shape index (κ2) is 9.09. The third-order valence-electron chi connectivity index (χ3n) is 5.82. The maximum atomic E-state index is 14.0. The molecule has 1 aromatic heterocycles. The van der Waals surface area contributed by atoms with Crippen LogP contribution in [0.5, 0.6) is 5.75 Å². The Morgan fingerprint density at radius 2 is 2.06 bits per heavy atom. The summed E-state index contributed by atoms with van der Waals surface area (Å²) in [6, 6.07) is 3.74. The average Bonchev–Trinajstić information content (AvgIpc) is 3.14. The lowest BCUT2D eigenvalue weighted by molar-refractivity contribution is 0.0153. The number of aromatic nitrogens is 2. The summed E-state index contributed by atoms with van der Waals surface area (Å²) >= 11 is 6.16. The minimum atomic E-state index is -0.757. The largest absolute Gasteiger partial charge is 0.487 e. The minimum Gasteiger partial charge on any atom is -0.487 e. The number of hydrogen-bond donors (Lipinski definition) is 3. The molecule has 2 saturated heterocycles. The van der Waals surface area contributed by atoms with Crippen molar-refractivity contribution in [2.45, 2.75) is 38.4 Å². The molecule has 0 spiro atoms. The van der Waals surface area contributed by atoms with Crippen LogP contribution in [0.25, 0.3) is 0 Å². The van der Waals surface area contributed by atoms with Gasteiger partial charge in [-0.3, -0.25) is 4.79 Å². The molecule has 2 aliphatic rings. The number of halogens is 2. The molecule has 0 saturated carbocycles. The number of likely N-dealkylation sites (tertiary alicyclic amines) is 1. The van der Waals surface area contributed by atoms with Crippen LogP contribution in [0.2, 0.25) is 5.02 Å². The van der Waals surface area contributed by atoms with Crippen molar-refractivity contribution in [3.05, 3.63) is 51.8 Å². The van der Waals surface area contributed by atoms with Crippen molar-refractivity contribution in [2.24, 2.45) is 0 Å². The summed E-state index contributed by atoms with van der Waals surface area (Å²) in [6.45, 7) is 4.92. The number of nitrogens with zero attached hydrogens (tertiary/aromatic N) is 3. The molecule has 2 aromatic rings. The Labute approximate surface area is 190 Å². The van der Waals surface area contributed by atoms with Crippen LogP contribution in [0.15, 0.2) is 18.2 Å². The molecule has 1 aromatic carbocycles.